The summed E-state index contributed by atoms with van der Waals surface area (Å²) in [4.78, 5) is 23.2. The number of rotatable bonds is 7. The molecule has 0 saturated carbocycles. The normalized spacial score (nSPS) is 12.4. The number of esters is 1. The highest BCUT2D eigenvalue weighted by atomic mass is 31.1. The van der Waals surface area contributed by atoms with Crippen LogP contribution < -0.4 is 5.32 Å². The van der Waals surface area contributed by atoms with Crippen molar-refractivity contribution in [2.24, 2.45) is 0 Å². The number of carbonyl (C=O) groups is 2. The quantitative estimate of drug-likeness (QED) is 0.447. The summed E-state index contributed by atoms with van der Waals surface area (Å²) in [6.07, 6.45) is -0.0738. The van der Waals surface area contributed by atoms with Crippen LogP contribution in [0.4, 0.5) is 4.79 Å². The number of ether oxygens (including phenoxy) is 2. The highest BCUT2D eigenvalue weighted by Gasteiger charge is 2.14. The summed E-state index contributed by atoms with van der Waals surface area (Å²) in [5.74, 6) is -0.788. The molecule has 1 aromatic carbocycles. The number of aliphatic hydroxyl groups is 1. The molecular weight excluding hydrogens is 309 g/mol. The van der Waals surface area contributed by atoms with Crippen LogP contribution in [0.1, 0.15) is 5.56 Å². The van der Waals surface area contributed by atoms with Gasteiger partial charge in [0.1, 0.15) is 20.1 Å². The van der Waals surface area contributed by atoms with Crippen LogP contribution in [0.3, 0.4) is 0 Å². The first-order valence-electron chi connectivity index (χ1n) is 6.45. The van der Waals surface area contributed by atoms with E-state index < -0.39 is 26.2 Å². The average Bonchev–Trinajstić information content (AvgIpc) is 2.56. The topological polar surface area (TPSA) is 102 Å². The molecule has 2 N–H and O–H groups in total. The van der Waals surface area contributed by atoms with E-state index in [0.29, 0.717) is 0 Å². The molecule has 0 aliphatic rings. The van der Waals surface area contributed by atoms with Crippen LogP contribution in [0.15, 0.2) is 42.1 Å². The molecule has 0 fully saturated rings. The van der Waals surface area contributed by atoms with E-state index in [1.54, 1.807) is 12.1 Å². The number of methoxy groups -OCH3 is 1. The maximum atomic E-state index is 11.7. The highest BCUT2D eigenvalue weighted by molar-refractivity contribution is 7.44. The molecule has 0 aliphatic heterocycles. The minimum absolute atomic E-state index is 0.0232. The average molecular weight is 327 g/mol. The Hall–Kier alpha value is -2.11. The third-order valence-corrected chi connectivity index (χ3v) is 3.58. The highest BCUT2D eigenvalue weighted by Crippen LogP contribution is 2.18. The Morgan fingerprint density at radius 2 is 2.00 bits per heavy atom. The lowest BCUT2D eigenvalue weighted by Gasteiger charge is -2.09. The predicted molar refractivity (Wildman–Crippen MR) is 80.8 cm³/mol. The van der Waals surface area contributed by atoms with E-state index in [4.69, 9.17) is 9.84 Å². The lowest BCUT2D eigenvalue weighted by molar-refractivity contribution is -0.136. The van der Waals surface area contributed by atoms with Gasteiger partial charge in [-0.2, -0.15) is 0 Å². The number of amides is 1. The SMILES string of the molecule is COC(=O)/C(=C\C[PH](=O)CO)NC(=O)OCc1ccccc1. The van der Waals surface area contributed by atoms with E-state index in [0.717, 1.165) is 12.7 Å². The van der Waals surface area contributed by atoms with Gasteiger partial charge in [-0.25, -0.2) is 9.59 Å². The fourth-order valence-corrected chi connectivity index (χ4v) is 2.01. The van der Waals surface area contributed by atoms with Gasteiger partial charge in [-0.3, -0.25) is 5.32 Å². The Morgan fingerprint density at radius 3 is 2.59 bits per heavy atom. The zero-order chi connectivity index (χ0) is 16.4. The van der Waals surface area contributed by atoms with Crippen molar-refractivity contribution >= 4 is 19.9 Å². The number of aliphatic hydroxyl groups excluding tert-OH is 1. The van der Waals surface area contributed by atoms with E-state index in [9.17, 15) is 14.2 Å². The maximum absolute atomic E-state index is 11.7. The monoisotopic (exact) mass is 327 g/mol. The first-order chi connectivity index (χ1) is 10.6. The molecular formula is C14H18NO6P. The third-order valence-electron chi connectivity index (χ3n) is 2.57. The van der Waals surface area contributed by atoms with Crippen LogP contribution >= 0.6 is 7.80 Å². The fourth-order valence-electron chi connectivity index (χ4n) is 1.44. The zero-order valence-corrected chi connectivity index (χ0v) is 13.1. The minimum Gasteiger partial charge on any atom is -0.464 e. The summed E-state index contributed by atoms with van der Waals surface area (Å²) in [7, 11) is -1.07. The van der Waals surface area contributed by atoms with E-state index in [2.05, 4.69) is 10.1 Å². The molecule has 0 heterocycles. The lowest BCUT2D eigenvalue weighted by atomic mass is 10.2. The summed E-state index contributed by atoms with van der Waals surface area (Å²) < 4.78 is 20.7. The summed E-state index contributed by atoms with van der Waals surface area (Å²) in [6.45, 7) is 0.0500. The molecule has 0 aromatic heterocycles. The zero-order valence-electron chi connectivity index (χ0n) is 12.1. The van der Waals surface area contributed by atoms with Crippen LogP contribution in [0.25, 0.3) is 0 Å². The Balaban J connectivity index is 2.59. The number of allylic oxidation sites excluding steroid dienone is 1. The van der Waals surface area contributed by atoms with Crippen LogP contribution in [-0.4, -0.2) is 36.8 Å². The fraction of sp³-hybridized carbons (Fsp3) is 0.286. The molecule has 1 amide bonds. The van der Waals surface area contributed by atoms with Crippen molar-refractivity contribution in [3.63, 3.8) is 0 Å². The van der Waals surface area contributed by atoms with Crippen LogP contribution in [0.5, 0.6) is 0 Å². The number of nitrogens with one attached hydrogen (secondary N) is 1. The van der Waals surface area contributed by atoms with Gasteiger partial charge in [0.2, 0.25) is 0 Å². The van der Waals surface area contributed by atoms with Crippen molar-refractivity contribution < 1.29 is 28.7 Å². The second-order valence-electron chi connectivity index (χ2n) is 4.20. The van der Waals surface area contributed by atoms with Crippen molar-refractivity contribution in [1.29, 1.82) is 0 Å². The van der Waals surface area contributed by atoms with Gasteiger partial charge in [0, 0.05) is 6.16 Å². The standard InChI is InChI=1S/C14H18NO6P/c1-20-13(17)12(7-8-22(19)10-16)15-14(18)21-9-11-5-3-2-4-6-11/h2-7,16,22H,8-10H2,1H3,(H,15,18)/b12-7+. The van der Waals surface area contributed by atoms with Gasteiger partial charge in [-0.15, -0.1) is 0 Å². The second kappa shape index (κ2) is 9.76. The van der Waals surface area contributed by atoms with Crippen molar-refractivity contribution in [3.8, 4) is 0 Å². The molecule has 120 valence electrons. The minimum atomic E-state index is -2.23. The van der Waals surface area contributed by atoms with Gasteiger partial charge in [-0.1, -0.05) is 30.3 Å². The number of hydrogen-bond donors (Lipinski definition) is 2. The van der Waals surface area contributed by atoms with Gasteiger partial charge >= 0.3 is 12.1 Å². The second-order valence-corrected chi connectivity index (χ2v) is 6.00. The van der Waals surface area contributed by atoms with Gasteiger partial charge < -0.3 is 19.1 Å². The third kappa shape index (κ3) is 6.56. The largest absolute Gasteiger partial charge is 0.464 e. The van der Waals surface area contributed by atoms with Crippen LogP contribution in [0, 0.1) is 0 Å². The van der Waals surface area contributed by atoms with Gasteiger partial charge in [0.25, 0.3) is 0 Å². The number of hydrogen-bond acceptors (Lipinski definition) is 6. The van der Waals surface area contributed by atoms with Gasteiger partial charge in [0.15, 0.2) is 0 Å². The van der Waals surface area contributed by atoms with E-state index >= 15 is 0 Å². The summed E-state index contributed by atoms with van der Waals surface area (Å²) in [5, 5.41) is 10.9. The lowest BCUT2D eigenvalue weighted by Crippen LogP contribution is -2.28. The van der Waals surface area contributed by atoms with Gasteiger partial charge in [0.05, 0.1) is 13.5 Å². The molecule has 0 bridgehead atoms. The first kappa shape index (κ1) is 17.9. The van der Waals surface area contributed by atoms with E-state index in [1.807, 2.05) is 18.2 Å². The van der Waals surface area contributed by atoms with E-state index in [1.165, 1.54) is 6.08 Å². The predicted octanol–water partition coefficient (Wildman–Crippen LogP) is 1.48. The maximum Gasteiger partial charge on any atom is 0.412 e. The van der Waals surface area contributed by atoms with Crippen molar-refractivity contribution in [1.82, 2.24) is 5.32 Å². The number of benzene rings is 1. The molecule has 1 aromatic rings. The molecule has 0 spiro atoms. The molecule has 7 nitrogen and oxygen atoms in total. The Labute approximate surface area is 128 Å². The number of alkyl carbamates (subject to hydrolysis) is 1. The molecule has 1 atom stereocenters. The van der Waals surface area contributed by atoms with Gasteiger partial charge in [-0.05, 0) is 11.6 Å². The summed E-state index contributed by atoms with van der Waals surface area (Å²) in [6, 6.07) is 9.03. The summed E-state index contributed by atoms with van der Waals surface area (Å²) >= 11 is 0. The van der Waals surface area contributed by atoms with Crippen LogP contribution in [-0.2, 0) is 25.4 Å². The number of carbonyl (C=O) groups excluding carboxylic acids is 2. The Bertz CT molecular complexity index is 558. The van der Waals surface area contributed by atoms with E-state index in [-0.39, 0.29) is 18.5 Å². The molecule has 0 radical (unpaired) electrons. The van der Waals surface area contributed by atoms with Crippen molar-refractivity contribution in [3.05, 3.63) is 47.7 Å². The molecule has 1 rings (SSSR count). The van der Waals surface area contributed by atoms with Crippen molar-refractivity contribution in [2.75, 3.05) is 19.6 Å². The first-order valence-corrected chi connectivity index (χ1v) is 8.27. The Morgan fingerprint density at radius 1 is 1.32 bits per heavy atom. The molecule has 0 saturated heterocycles. The van der Waals surface area contributed by atoms with Crippen molar-refractivity contribution in [2.45, 2.75) is 6.61 Å². The van der Waals surface area contributed by atoms with Crippen LogP contribution in [0.2, 0.25) is 0 Å². The molecule has 0 aliphatic carbocycles. The smallest absolute Gasteiger partial charge is 0.412 e. The molecule has 22 heavy (non-hydrogen) atoms. The molecule has 1 unspecified atom stereocenters. The Kier molecular flexibility index (Phi) is 7.96. The molecule has 8 heteroatoms. The summed E-state index contributed by atoms with van der Waals surface area (Å²) in [5.41, 5.74) is 0.624.